The highest BCUT2D eigenvalue weighted by Crippen LogP contribution is 2.32. The lowest BCUT2D eigenvalue weighted by molar-refractivity contribution is 0.590. The summed E-state index contributed by atoms with van der Waals surface area (Å²) in [5.74, 6) is 2.00. The fourth-order valence-corrected chi connectivity index (χ4v) is 5.01. The Morgan fingerprint density at radius 1 is 0.436 bits per heavy atom. The minimum Gasteiger partial charge on any atom is -0.208 e. The summed E-state index contributed by atoms with van der Waals surface area (Å²) in [5, 5.41) is 0. The third-order valence-corrected chi connectivity index (χ3v) is 7.67. The van der Waals surface area contributed by atoms with Crippen molar-refractivity contribution in [2.24, 2.45) is 0 Å². The van der Waals surface area contributed by atoms with Gasteiger partial charge in [-0.1, -0.05) is 148 Å². The van der Waals surface area contributed by atoms with Crippen LogP contribution in [0.4, 0.5) is 0 Å². The molecule has 5 rings (SSSR count). The van der Waals surface area contributed by atoms with Gasteiger partial charge in [0.05, 0.1) is 0 Å². The van der Waals surface area contributed by atoms with Gasteiger partial charge in [-0.3, -0.25) is 0 Å². The van der Waals surface area contributed by atoms with Gasteiger partial charge in [0.2, 0.25) is 0 Å². The Balaban J connectivity index is 1.59. The molecule has 0 saturated carbocycles. The average Bonchev–Trinajstić information content (AvgIpc) is 2.92. The first-order valence-corrected chi connectivity index (χ1v) is 14.1. The zero-order valence-electron chi connectivity index (χ0n) is 23.5. The molecule has 0 amide bonds. The van der Waals surface area contributed by atoms with Gasteiger partial charge >= 0.3 is 0 Å². The van der Waals surface area contributed by atoms with E-state index in [4.69, 9.17) is 15.0 Å². The van der Waals surface area contributed by atoms with E-state index in [0.717, 1.165) is 32.3 Å². The highest BCUT2D eigenvalue weighted by molar-refractivity contribution is 9.10. The molecule has 5 aromatic rings. The van der Waals surface area contributed by atoms with Gasteiger partial charge in [-0.25, -0.2) is 15.0 Å². The molecule has 0 atom stereocenters. The largest absolute Gasteiger partial charge is 0.208 e. The number of benzene rings is 4. The maximum Gasteiger partial charge on any atom is 0.164 e. The molecule has 0 bridgehead atoms. The molecule has 196 valence electrons. The van der Waals surface area contributed by atoms with Gasteiger partial charge in [0.1, 0.15) is 0 Å². The van der Waals surface area contributed by atoms with Gasteiger partial charge in [0, 0.05) is 21.2 Å². The lowest BCUT2D eigenvalue weighted by atomic mass is 9.86. The Morgan fingerprint density at radius 3 is 1.13 bits per heavy atom. The Morgan fingerprint density at radius 2 is 0.769 bits per heavy atom. The normalized spacial score (nSPS) is 12.0. The van der Waals surface area contributed by atoms with Gasteiger partial charge in [0.25, 0.3) is 0 Å². The van der Waals surface area contributed by atoms with E-state index in [9.17, 15) is 0 Å². The Kier molecular flexibility index (Phi) is 7.26. The van der Waals surface area contributed by atoms with Crippen LogP contribution in [-0.4, -0.2) is 15.0 Å². The quantitative estimate of drug-likeness (QED) is 0.214. The van der Waals surface area contributed by atoms with Crippen molar-refractivity contribution in [3.8, 4) is 45.3 Å². The second kappa shape index (κ2) is 10.5. The van der Waals surface area contributed by atoms with Gasteiger partial charge in [-0.05, 0) is 39.2 Å². The molecule has 1 aromatic heterocycles. The maximum absolute atomic E-state index is 4.94. The molecule has 0 saturated heterocycles. The lowest BCUT2D eigenvalue weighted by Gasteiger charge is -2.19. The van der Waals surface area contributed by atoms with Crippen molar-refractivity contribution in [1.82, 2.24) is 15.0 Å². The van der Waals surface area contributed by atoms with Crippen LogP contribution in [0.25, 0.3) is 45.3 Å². The first-order valence-electron chi connectivity index (χ1n) is 13.3. The third-order valence-electron chi connectivity index (χ3n) is 6.98. The third kappa shape index (κ3) is 6.02. The Hall–Kier alpha value is -3.63. The van der Waals surface area contributed by atoms with Crippen LogP contribution in [0.15, 0.2) is 102 Å². The van der Waals surface area contributed by atoms with Crippen molar-refractivity contribution in [2.75, 3.05) is 0 Å². The smallest absolute Gasteiger partial charge is 0.164 e. The van der Waals surface area contributed by atoms with Crippen LogP contribution >= 0.6 is 15.9 Å². The predicted octanol–water partition coefficient (Wildman–Crippen LogP) is 9.90. The van der Waals surface area contributed by atoms with Gasteiger partial charge in [0.15, 0.2) is 17.5 Å². The van der Waals surface area contributed by atoms with Crippen molar-refractivity contribution in [3.63, 3.8) is 0 Å². The van der Waals surface area contributed by atoms with Crippen LogP contribution in [0.5, 0.6) is 0 Å². The molecule has 4 heteroatoms. The molecule has 0 aliphatic rings. The number of halogens is 1. The number of aromatic nitrogens is 3. The minimum absolute atomic E-state index is 0.0816. The van der Waals surface area contributed by atoms with Crippen LogP contribution in [0.1, 0.15) is 52.7 Å². The number of hydrogen-bond acceptors (Lipinski definition) is 3. The van der Waals surface area contributed by atoms with Gasteiger partial charge in [-0.2, -0.15) is 0 Å². The lowest BCUT2D eigenvalue weighted by Crippen LogP contribution is -2.10. The molecule has 0 aliphatic carbocycles. The second-order valence-electron chi connectivity index (χ2n) is 12.0. The summed E-state index contributed by atoms with van der Waals surface area (Å²) in [6.07, 6.45) is 0. The van der Waals surface area contributed by atoms with Crippen LogP contribution < -0.4 is 0 Å². The number of rotatable bonds is 4. The van der Waals surface area contributed by atoms with E-state index in [0.29, 0.717) is 17.5 Å². The zero-order valence-corrected chi connectivity index (χ0v) is 25.0. The zero-order chi connectivity index (χ0) is 27.8. The minimum atomic E-state index is 0.0816. The molecule has 0 radical (unpaired) electrons. The fourth-order valence-electron chi connectivity index (χ4n) is 4.50. The van der Waals surface area contributed by atoms with E-state index in [1.165, 1.54) is 11.1 Å². The van der Waals surface area contributed by atoms with Crippen LogP contribution in [0, 0.1) is 0 Å². The predicted molar refractivity (Wildman–Crippen MR) is 167 cm³/mol. The molecule has 1 heterocycles. The number of hydrogen-bond donors (Lipinski definition) is 0. The second-order valence-corrected chi connectivity index (χ2v) is 12.9. The van der Waals surface area contributed by atoms with E-state index >= 15 is 0 Å². The highest BCUT2D eigenvalue weighted by Gasteiger charge is 2.17. The molecule has 3 nitrogen and oxygen atoms in total. The summed E-state index contributed by atoms with van der Waals surface area (Å²) >= 11 is 3.67. The van der Waals surface area contributed by atoms with Crippen LogP contribution in [0.2, 0.25) is 0 Å². The molecule has 0 N–H and O–H groups in total. The topological polar surface area (TPSA) is 38.7 Å². The molecule has 0 spiro atoms. The molecule has 4 aromatic carbocycles. The summed E-state index contributed by atoms with van der Waals surface area (Å²) < 4.78 is 1.07. The van der Waals surface area contributed by atoms with Crippen LogP contribution in [-0.2, 0) is 10.8 Å². The van der Waals surface area contributed by atoms with Gasteiger partial charge in [-0.15, -0.1) is 0 Å². The number of nitrogens with zero attached hydrogens (tertiary/aromatic N) is 3. The van der Waals surface area contributed by atoms with Gasteiger partial charge < -0.3 is 0 Å². The molecular formula is C35H34BrN3. The molecule has 39 heavy (non-hydrogen) atoms. The first-order chi connectivity index (χ1) is 18.5. The molecular weight excluding hydrogens is 542 g/mol. The van der Waals surface area contributed by atoms with Crippen LogP contribution in [0.3, 0.4) is 0 Å². The SMILES string of the molecule is CC(C)(C)c1ccc(-c2nc(-c3ccc(-c4ccccc4Br)cc3)nc(-c3ccc(C(C)(C)C)cc3)n2)cc1. The summed E-state index contributed by atoms with van der Waals surface area (Å²) in [7, 11) is 0. The van der Waals surface area contributed by atoms with Crippen molar-refractivity contribution < 1.29 is 0 Å². The fraction of sp³-hybridized carbons (Fsp3) is 0.229. The summed E-state index contributed by atoms with van der Waals surface area (Å²) in [5.41, 5.74) is 7.91. The Bertz CT molecular complexity index is 1510. The maximum atomic E-state index is 4.94. The van der Waals surface area contributed by atoms with Crippen molar-refractivity contribution in [1.29, 1.82) is 0 Å². The standard InChI is InChI=1S/C35H34BrN3/c1-34(2,3)27-19-15-25(16-20-27)32-37-31(24-13-11-23(12-14-24)29-9-7-8-10-30(29)36)38-33(39-32)26-17-21-28(22-18-26)35(4,5)6/h7-22H,1-6H3. The van der Waals surface area contributed by atoms with E-state index in [-0.39, 0.29) is 10.8 Å². The molecule has 0 unspecified atom stereocenters. The first kappa shape index (κ1) is 27.0. The van der Waals surface area contributed by atoms with E-state index < -0.39 is 0 Å². The monoisotopic (exact) mass is 575 g/mol. The summed E-state index contributed by atoms with van der Waals surface area (Å²) in [6, 6.07) is 33.8. The summed E-state index contributed by atoms with van der Waals surface area (Å²) in [4.78, 5) is 14.8. The average molecular weight is 577 g/mol. The summed E-state index contributed by atoms with van der Waals surface area (Å²) in [6.45, 7) is 13.3. The highest BCUT2D eigenvalue weighted by atomic mass is 79.9. The molecule has 0 fully saturated rings. The van der Waals surface area contributed by atoms with Crippen molar-refractivity contribution in [2.45, 2.75) is 52.4 Å². The van der Waals surface area contributed by atoms with E-state index in [1.807, 2.05) is 6.07 Å². The van der Waals surface area contributed by atoms with Crippen molar-refractivity contribution >= 4 is 15.9 Å². The molecule has 0 aliphatic heterocycles. The van der Waals surface area contributed by atoms with E-state index in [2.05, 4.69) is 148 Å². The van der Waals surface area contributed by atoms with E-state index in [1.54, 1.807) is 0 Å². The van der Waals surface area contributed by atoms with Crippen molar-refractivity contribution in [3.05, 3.63) is 113 Å². The Labute approximate surface area is 240 Å².